The molecule has 0 saturated heterocycles. The molecule has 1 saturated carbocycles. The highest BCUT2D eigenvalue weighted by atomic mass is 79.9. The van der Waals surface area contributed by atoms with Gasteiger partial charge in [0.25, 0.3) is 0 Å². The van der Waals surface area contributed by atoms with E-state index in [1.54, 1.807) is 12.1 Å². The number of benzene rings is 1. The molecule has 1 N–H and O–H groups in total. The van der Waals surface area contributed by atoms with Crippen LogP contribution in [0.1, 0.15) is 24.6 Å². The van der Waals surface area contributed by atoms with Crippen LogP contribution in [0.15, 0.2) is 22.7 Å². The third kappa shape index (κ3) is 1.75. The molecule has 1 aromatic heterocycles. The summed E-state index contributed by atoms with van der Waals surface area (Å²) in [4.78, 5) is 4.31. The Morgan fingerprint density at radius 3 is 2.88 bits per heavy atom. The molecule has 0 aliphatic heterocycles. The van der Waals surface area contributed by atoms with Crippen LogP contribution in [0.5, 0.6) is 0 Å². The van der Waals surface area contributed by atoms with Crippen molar-refractivity contribution in [1.29, 1.82) is 0 Å². The zero-order valence-electron chi connectivity index (χ0n) is 8.37. The van der Waals surface area contributed by atoms with Gasteiger partial charge in [-0.3, -0.25) is 5.10 Å². The van der Waals surface area contributed by atoms with Crippen LogP contribution in [0.2, 0.25) is 0 Å². The van der Waals surface area contributed by atoms with Crippen molar-refractivity contribution in [1.82, 2.24) is 15.2 Å². The van der Waals surface area contributed by atoms with Gasteiger partial charge in [-0.25, -0.2) is 9.37 Å². The van der Waals surface area contributed by atoms with Crippen molar-refractivity contribution in [3.8, 4) is 11.4 Å². The summed E-state index contributed by atoms with van der Waals surface area (Å²) in [6.07, 6.45) is 2.30. The quantitative estimate of drug-likeness (QED) is 0.918. The molecule has 0 unspecified atom stereocenters. The molecule has 0 atom stereocenters. The fourth-order valence-corrected chi connectivity index (χ4v) is 1.94. The number of aromatic nitrogens is 3. The maximum atomic E-state index is 13.6. The van der Waals surface area contributed by atoms with Gasteiger partial charge < -0.3 is 0 Å². The fourth-order valence-electron chi connectivity index (χ4n) is 1.60. The number of H-pyrrole nitrogens is 1. The Labute approximate surface area is 100 Å². The first kappa shape index (κ1) is 9.96. The second-order valence-electron chi connectivity index (χ2n) is 3.94. The highest BCUT2D eigenvalue weighted by Gasteiger charge is 2.27. The molecule has 0 spiro atoms. The fraction of sp³-hybridized carbons (Fsp3) is 0.273. The topological polar surface area (TPSA) is 41.6 Å². The Kier molecular flexibility index (Phi) is 2.28. The largest absolute Gasteiger partial charge is 0.262 e. The second kappa shape index (κ2) is 3.66. The molecule has 1 aliphatic rings. The van der Waals surface area contributed by atoms with E-state index in [4.69, 9.17) is 0 Å². The molecular formula is C11H9BrFN3. The van der Waals surface area contributed by atoms with E-state index in [9.17, 15) is 4.39 Å². The summed E-state index contributed by atoms with van der Waals surface area (Å²) in [5.41, 5.74) is 0.436. The van der Waals surface area contributed by atoms with E-state index in [0.29, 0.717) is 21.8 Å². The number of nitrogens with zero attached hydrogens (tertiary/aromatic N) is 2. The number of aromatic amines is 1. The lowest BCUT2D eigenvalue weighted by atomic mass is 10.2. The molecule has 1 fully saturated rings. The molecule has 0 radical (unpaired) electrons. The van der Waals surface area contributed by atoms with Crippen LogP contribution < -0.4 is 0 Å². The van der Waals surface area contributed by atoms with Gasteiger partial charge in [0.1, 0.15) is 11.6 Å². The van der Waals surface area contributed by atoms with Crippen LogP contribution in [-0.4, -0.2) is 15.2 Å². The van der Waals surface area contributed by atoms with Crippen molar-refractivity contribution < 1.29 is 4.39 Å². The van der Waals surface area contributed by atoms with Gasteiger partial charge in [0.15, 0.2) is 5.82 Å². The zero-order valence-corrected chi connectivity index (χ0v) is 9.96. The van der Waals surface area contributed by atoms with E-state index in [1.807, 2.05) is 0 Å². The third-order valence-electron chi connectivity index (χ3n) is 2.64. The van der Waals surface area contributed by atoms with Crippen LogP contribution in [-0.2, 0) is 0 Å². The Morgan fingerprint density at radius 1 is 1.38 bits per heavy atom. The predicted octanol–water partition coefficient (Wildman–Crippen LogP) is 3.25. The third-order valence-corrected chi connectivity index (χ3v) is 3.13. The van der Waals surface area contributed by atoms with E-state index in [0.717, 1.165) is 18.7 Å². The molecule has 1 aromatic carbocycles. The number of hydrogen-bond donors (Lipinski definition) is 1. The number of halogens is 2. The average molecular weight is 282 g/mol. The highest BCUT2D eigenvalue weighted by Crippen LogP contribution is 2.38. The minimum absolute atomic E-state index is 0.310. The van der Waals surface area contributed by atoms with E-state index < -0.39 is 0 Å². The van der Waals surface area contributed by atoms with Crippen molar-refractivity contribution in [3.05, 3.63) is 34.3 Å². The van der Waals surface area contributed by atoms with Crippen molar-refractivity contribution in [2.24, 2.45) is 0 Å². The Morgan fingerprint density at radius 2 is 2.19 bits per heavy atom. The molecule has 1 heterocycles. The molecule has 82 valence electrons. The molecule has 0 bridgehead atoms. The Bertz CT molecular complexity index is 534. The van der Waals surface area contributed by atoms with Crippen molar-refractivity contribution >= 4 is 15.9 Å². The lowest BCUT2D eigenvalue weighted by molar-refractivity contribution is 0.629. The van der Waals surface area contributed by atoms with Gasteiger partial charge in [0, 0.05) is 10.4 Å². The zero-order chi connectivity index (χ0) is 11.1. The van der Waals surface area contributed by atoms with Crippen molar-refractivity contribution in [2.45, 2.75) is 18.8 Å². The smallest absolute Gasteiger partial charge is 0.184 e. The van der Waals surface area contributed by atoms with E-state index in [2.05, 4.69) is 31.1 Å². The number of nitrogens with one attached hydrogen (secondary N) is 1. The monoisotopic (exact) mass is 281 g/mol. The SMILES string of the molecule is Fc1cc(Br)ccc1-c1n[nH]c(C2CC2)n1. The summed E-state index contributed by atoms with van der Waals surface area (Å²) >= 11 is 3.22. The van der Waals surface area contributed by atoms with Gasteiger partial charge in [0.2, 0.25) is 0 Å². The first-order valence-corrected chi connectivity index (χ1v) is 5.91. The molecule has 0 amide bonds. The molecule has 16 heavy (non-hydrogen) atoms. The summed E-state index contributed by atoms with van der Waals surface area (Å²) in [7, 11) is 0. The lowest BCUT2D eigenvalue weighted by Gasteiger charge is -1.97. The van der Waals surface area contributed by atoms with E-state index in [-0.39, 0.29) is 5.82 Å². The standard InChI is InChI=1S/C11H9BrFN3/c12-7-3-4-8(9(13)5-7)11-14-10(15-16-11)6-1-2-6/h3-6H,1-2H2,(H,14,15,16). The molecular weight excluding hydrogens is 273 g/mol. The minimum atomic E-state index is -0.310. The minimum Gasteiger partial charge on any atom is -0.262 e. The summed E-state index contributed by atoms with van der Waals surface area (Å²) in [6, 6.07) is 4.88. The van der Waals surface area contributed by atoms with Crippen LogP contribution >= 0.6 is 15.9 Å². The first-order valence-electron chi connectivity index (χ1n) is 5.12. The van der Waals surface area contributed by atoms with Gasteiger partial charge in [-0.05, 0) is 31.0 Å². The molecule has 2 aromatic rings. The van der Waals surface area contributed by atoms with Crippen LogP contribution in [0.3, 0.4) is 0 Å². The van der Waals surface area contributed by atoms with Gasteiger partial charge in [-0.1, -0.05) is 15.9 Å². The van der Waals surface area contributed by atoms with E-state index >= 15 is 0 Å². The highest BCUT2D eigenvalue weighted by molar-refractivity contribution is 9.10. The molecule has 3 nitrogen and oxygen atoms in total. The number of rotatable bonds is 2. The molecule has 5 heteroatoms. The molecule has 3 rings (SSSR count). The van der Waals surface area contributed by atoms with Gasteiger partial charge in [-0.2, -0.15) is 5.10 Å². The summed E-state index contributed by atoms with van der Waals surface area (Å²) < 4.78 is 14.4. The van der Waals surface area contributed by atoms with Crippen molar-refractivity contribution in [3.63, 3.8) is 0 Å². The predicted molar refractivity (Wildman–Crippen MR) is 61.5 cm³/mol. The van der Waals surface area contributed by atoms with Crippen LogP contribution in [0.25, 0.3) is 11.4 Å². The van der Waals surface area contributed by atoms with Gasteiger partial charge >= 0.3 is 0 Å². The van der Waals surface area contributed by atoms with Gasteiger partial charge in [0.05, 0.1) is 5.56 Å². The second-order valence-corrected chi connectivity index (χ2v) is 4.86. The lowest BCUT2D eigenvalue weighted by Crippen LogP contribution is -1.87. The van der Waals surface area contributed by atoms with Crippen LogP contribution in [0.4, 0.5) is 4.39 Å². The summed E-state index contributed by atoms with van der Waals surface area (Å²) in [6.45, 7) is 0. The number of hydrogen-bond acceptors (Lipinski definition) is 2. The normalized spacial score (nSPS) is 15.4. The maximum absolute atomic E-state index is 13.6. The van der Waals surface area contributed by atoms with E-state index in [1.165, 1.54) is 6.07 Å². The Hall–Kier alpha value is -1.23. The van der Waals surface area contributed by atoms with Crippen LogP contribution in [0, 0.1) is 5.82 Å². The Balaban J connectivity index is 2.00. The van der Waals surface area contributed by atoms with Gasteiger partial charge in [-0.15, -0.1) is 0 Å². The summed E-state index contributed by atoms with van der Waals surface area (Å²) in [5.74, 6) is 1.50. The molecule has 1 aliphatic carbocycles. The summed E-state index contributed by atoms with van der Waals surface area (Å²) in [5, 5.41) is 6.92. The first-order chi connectivity index (χ1) is 7.74. The maximum Gasteiger partial charge on any atom is 0.184 e. The van der Waals surface area contributed by atoms with Crippen molar-refractivity contribution in [2.75, 3.05) is 0 Å². The average Bonchev–Trinajstić information content (AvgIpc) is 2.98.